The lowest BCUT2D eigenvalue weighted by Gasteiger charge is -2.43. The van der Waals surface area contributed by atoms with Gasteiger partial charge in [0.2, 0.25) is 0 Å². The fraction of sp³-hybridized carbons (Fsp3) is 0.379. The number of anilines is 1. The van der Waals surface area contributed by atoms with Gasteiger partial charge in [-0.3, -0.25) is 14.6 Å². The summed E-state index contributed by atoms with van der Waals surface area (Å²) in [6.07, 6.45) is 3.72. The van der Waals surface area contributed by atoms with Crippen molar-refractivity contribution in [2.45, 2.75) is 32.0 Å². The second-order valence-electron chi connectivity index (χ2n) is 10.2. The van der Waals surface area contributed by atoms with Crippen molar-refractivity contribution >= 4 is 62.5 Å². The van der Waals surface area contributed by atoms with Crippen LogP contribution in [-0.2, 0) is 13.1 Å². The van der Waals surface area contributed by atoms with Crippen LogP contribution in [0.3, 0.4) is 0 Å². The third-order valence-electron chi connectivity index (χ3n) is 7.62. The smallest absolute Gasteiger partial charge is 0.253 e. The SMILES string of the molecule is O=C(NCc1ccc(Cl)c(Cl)c1)c1cnc(N2CCN(C3CCN(Cc4ccc(Br)cc4F)CC3)CC2)c(Cl)c1. The average molecular weight is 670 g/mol. The first-order valence-electron chi connectivity index (χ1n) is 13.3. The topological polar surface area (TPSA) is 51.7 Å². The molecule has 212 valence electrons. The fourth-order valence-electron chi connectivity index (χ4n) is 5.35. The Hall–Kier alpha value is -1.94. The minimum absolute atomic E-state index is 0.156. The van der Waals surface area contributed by atoms with Gasteiger partial charge in [0.05, 0.1) is 20.6 Å². The van der Waals surface area contributed by atoms with E-state index in [0.717, 1.165) is 67.7 Å². The van der Waals surface area contributed by atoms with Crippen molar-refractivity contribution < 1.29 is 9.18 Å². The molecule has 2 aromatic carbocycles. The third-order valence-corrected chi connectivity index (χ3v) is 9.13. The third kappa shape index (κ3) is 7.27. The van der Waals surface area contributed by atoms with Gasteiger partial charge in [0.15, 0.2) is 0 Å². The molecule has 0 saturated carbocycles. The number of hydrogen-bond acceptors (Lipinski definition) is 5. The molecule has 2 saturated heterocycles. The number of carbonyl (C=O) groups excluding carboxylic acids is 1. The van der Waals surface area contributed by atoms with Gasteiger partial charge in [-0.1, -0.05) is 62.9 Å². The molecule has 0 bridgehead atoms. The van der Waals surface area contributed by atoms with Gasteiger partial charge in [-0.05, 0) is 61.8 Å². The molecule has 0 atom stereocenters. The van der Waals surface area contributed by atoms with Crippen molar-refractivity contribution in [3.8, 4) is 0 Å². The van der Waals surface area contributed by atoms with Gasteiger partial charge in [0, 0.05) is 61.5 Å². The maximum Gasteiger partial charge on any atom is 0.253 e. The zero-order valence-electron chi connectivity index (χ0n) is 21.9. The van der Waals surface area contributed by atoms with E-state index in [1.54, 1.807) is 24.4 Å². The Morgan fingerprint density at radius 3 is 2.38 bits per heavy atom. The van der Waals surface area contributed by atoms with Crippen LogP contribution < -0.4 is 10.2 Å². The highest BCUT2D eigenvalue weighted by Gasteiger charge is 2.29. The number of piperidine rings is 1. The minimum Gasteiger partial charge on any atom is -0.353 e. The lowest BCUT2D eigenvalue weighted by molar-refractivity contribution is 0.0950. The largest absolute Gasteiger partial charge is 0.353 e. The molecule has 0 unspecified atom stereocenters. The number of halogens is 5. The van der Waals surface area contributed by atoms with Crippen LogP contribution in [0.4, 0.5) is 10.2 Å². The lowest BCUT2D eigenvalue weighted by Crippen LogP contribution is -2.53. The monoisotopic (exact) mass is 667 g/mol. The number of hydrogen-bond donors (Lipinski definition) is 1. The van der Waals surface area contributed by atoms with Crippen LogP contribution >= 0.6 is 50.7 Å². The number of piperazine rings is 1. The minimum atomic E-state index is -0.258. The molecule has 2 fully saturated rings. The number of rotatable bonds is 7. The molecule has 2 aliphatic rings. The molecule has 0 spiro atoms. The van der Waals surface area contributed by atoms with Gasteiger partial charge in [0.1, 0.15) is 11.6 Å². The van der Waals surface area contributed by atoms with Gasteiger partial charge in [-0.25, -0.2) is 9.37 Å². The van der Waals surface area contributed by atoms with Crippen molar-refractivity contribution in [2.75, 3.05) is 44.2 Å². The first-order chi connectivity index (χ1) is 19.3. The molecule has 40 heavy (non-hydrogen) atoms. The Balaban J connectivity index is 1.09. The molecular weight excluding hydrogens is 640 g/mol. The van der Waals surface area contributed by atoms with Crippen molar-refractivity contribution in [3.63, 3.8) is 0 Å². The second kappa shape index (κ2) is 13.4. The summed E-state index contributed by atoms with van der Waals surface area (Å²) in [5, 5.41) is 4.25. The van der Waals surface area contributed by atoms with Crippen molar-refractivity contribution in [2.24, 2.45) is 0 Å². The predicted molar refractivity (Wildman–Crippen MR) is 163 cm³/mol. The molecule has 1 amide bonds. The summed E-state index contributed by atoms with van der Waals surface area (Å²) in [4.78, 5) is 24.3. The van der Waals surface area contributed by atoms with Gasteiger partial charge in [0.25, 0.3) is 5.91 Å². The zero-order valence-corrected chi connectivity index (χ0v) is 25.7. The summed E-state index contributed by atoms with van der Waals surface area (Å²) >= 11 is 21.9. The number of carbonyl (C=O) groups is 1. The van der Waals surface area contributed by atoms with Crippen LogP contribution in [0.1, 0.15) is 34.3 Å². The number of aromatic nitrogens is 1. The molecule has 0 aliphatic carbocycles. The Kier molecular flexibility index (Phi) is 9.87. The van der Waals surface area contributed by atoms with Crippen LogP contribution in [-0.4, -0.2) is 66.0 Å². The van der Waals surface area contributed by atoms with Crippen molar-refractivity contribution in [1.82, 2.24) is 20.1 Å². The summed E-state index contributed by atoms with van der Waals surface area (Å²) in [5.74, 6) is 0.289. The maximum absolute atomic E-state index is 14.2. The van der Waals surface area contributed by atoms with Crippen LogP contribution in [0.2, 0.25) is 15.1 Å². The van der Waals surface area contributed by atoms with E-state index in [1.165, 1.54) is 6.07 Å². The maximum atomic E-state index is 14.2. The number of nitrogens with zero attached hydrogens (tertiary/aromatic N) is 4. The van der Waals surface area contributed by atoms with Crippen molar-refractivity contribution in [3.05, 3.63) is 90.7 Å². The van der Waals surface area contributed by atoms with E-state index >= 15 is 0 Å². The Bertz CT molecular complexity index is 1360. The van der Waals surface area contributed by atoms with Crippen LogP contribution in [0, 0.1) is 5.82 Å². The van der Waals surface area contributed by atoms with E-state index in [2.05, 4.69) is 40.9 Å². The van der Waals surface area contributed by atoms with E-state index in [-0.39, 0.29) is 11.7 Å². The van der Waals surface area contributed by atoms with E-state index in [0.29, 0.717) is 45.6 Å². The summed E-state index contributed by atoms with van der Waals surface area (Å²) in [7, 11) is 0. The van der Waals surface area contributed by atoms with Crippen LogP contribution in [0.25, 0.3) is 0 Å². The summed E-state index contributed by atoms with van der Waals surface area (Å²) < 4.78 is 15.0. The average Bonchev–Trinajstić information content (AvgIpc) is 2.95. The zero-order chi connectivity index (χ0) is 28.2. The van der Waals surface area contributed by atoms with Crippen molar-refractivity contribution in [1.29, 1.82) is 0 Å². The summed E-state index contributed by atoms with van der Waals surface area (Å²) in [5.41, 5.74) is 2.00. The lowest BCUT2D eigenvalue weighted by atomic mass is 10.0. The van der Waals surface area contributed by atoms with Gasteiger partial charge < -0.3 is 10.2 Å². The van der Waals surface area contributed by atoms with Crippen LogP contribution in [0.15, 0.2) is 53.1 Å². The Morgan fingerprint density at radius 1 is 0.950 bits per heavy atom. The molecule has 3 heterocycles. The quantitative estimate of drug-likeness (QED) is 0.305. The van der Waals surface area contributed by atoms with E-state index in [1.807, 2.05) is 18.2 Å². The summed E-state index contributed by atoms with van der Waals surface area (Å²) in [6, 6.07) is 12.7. The van der Waals surface area contributed by atoms with E-state index < -0.39 is 0 Å². The molecule has 1 N–H and O–H groups in total. The first kappa shape index (κ1) is 29.5. The molecule has 3 aromatic rings. The highest BCUT2D eigenvalue weighted by molar-refractivity contribution is 9.10. The van der Waals surface area contributed by atoms with Crippen LogP contribution in [0.5, 0.6) is 0 Å². The van der Waals surface area contributed by atoms with E-state index in [4.69, 9.17) is 34.8 Å². The van der Waals surface area contributed by atoms with E-state index in [9.17, 15) is 9.18 Å². The molecule has 5 rings (SSSR count). The van der Waals surface area contributed by atoms with Gasteiger partial charge >= 0.3 is 0 Å². The number of benzene rings is 2. The van der Waals surface area contributed by atoms with Gasteiger partial charge in [-0.2, -0.15) is 0 Å². The highest BCUT2D eigenvalue weighted by atomic mass is 79.9. The molecular formula is C29H30BrCl3FN5O. The summed E-state index contributed by atoms with van der Waals surface area (Å²) in [6.45, 7) is 6.38. The Morgan fingerprint density at radius 2 is 1.70 bits per heavy atom. The highest BCUT2D eigenvalue weighted by Crippen LogP contribution is 2.28. The number of amides is 1. The Labute approximate surface area is 257 Å². The second-order valence-corrected chi connectivity index (χ2v) is 12.4. The first-order valence-corrected chi connectivity index (χ1v) is 15.2. The molecule has 11 heteroatoms. The fourth-order valence-corrected chi connectivity index (χ4v) is 6.29. The van der Waals surface area contributed by atoms with Gasteiger partial charge in [-0.15, -0.1) is 0 Å². The predicted octanol–water partition coefficient (Wildman–Crippen LogP) is 6.66. The standard InChI is InChI=1S/C29H30BrCl3FN5O/c30-22-3-2-20(27(34)15-22)18-37-7-5-23(6-8-37)38-9-11-39(12-10-38)28-26(33)14-21(17-35-28)29(40)36-16-19-1-4-24(31)25(32)13-19/h1-4,13-15,17,23H,5-12,16,18H2,(H,36,40). The molecule has 6 nitrogen and oxygen atoms in total. The number of pyridine rings is 1. The number of nitrogens with one attached hydrogen (secondary N) is 1. The molecule has 1 aromatic heterocycles. The molecule has 2 aliphatic heterocycles. The number of likely N-dealkylation sites (tertiary alicyclic amines) is 1. The normalized spacial score (nSPS) is 17.3. The molecule has 0 radical (unpaired) electrons.